The second-order valence-corrected chi connectivity index (χ2v) is 13.4. The minimum absolute atomic E-state index is 1.11. The van der Waals surface area contributed by atoms with Crippen molar-refractivity contribution >= 4 is 16.8 Å². The smallest absolute Gasteiger partial charge is 0.334 e. The highest BCUT2D eigenvalue weighted by molar-refractivity contribution is 6.77. The van der Waals surface area contributed by atoms with Crippen LogP contribution in [-0.2, 0) is 8.85 Å². The van der Waals surface area contributed by atoms with E-state index in [4.69, 9.17) is 8.85 Å². The standard InChI is InChI=1S/C11H29NO2Si2/c1-8-12(9-2)15(5,6)10-11-16(7,13-3)14-4/h8-11H2,1-7H3. The highest BCUT2D eigenvalue weighted by Gasteiger charge is 2.34. The molecule has 0 aromatic heterocycles. The Hall–Kier alpha value is 0.314. The Kier molecular flexibility index (Phi) is 7.04. The van der Waals surface area contributed by atoms with Crippen molar-refractivity contribution < 1.29 is 8.85 Å². The fraction of sp³-hybridized carbons (Fsp3) is 1.00. The SMILES string of the molecule is CCN(CC)[Si](C)(C)CC[Si](C)(OC)OC. The van der Waals surface area contributed by atoms with E-state index in [1.54, 1.807) is 14.2 Å². The maximum Gasteiger partial charge on any atom is 0.334 e. The fourth-order valence-corrected chi connectivity index (χ4v) is 8.93. The third kappa shape index (κ3) is 4.67. The van der Waals surface area contributed by atoms with E-state index in [1.165, 1.54) is 6.04 Å². The van der Waals surface area contributed by atoms with Crippen molar-refractivity contribution in [3.05, 3.63) is 0 Å². The average molecular weight is 264 g/mol. The molecule has 0 fully saturated rings. The molecular weight excluding hydrogens is 234 g/mol. The van der Waals surface area contributed by atoms with E-state index in [9.17, 15) is 0 Å². The van der Waals surface area contributed by atoms with Gasteiger partial charge < -0.3 is 13.4 Å². The van der Waals surface area contributed by atoms with Crippen LogP contribution in [-0.4, -0.2) is 48.7 Å². The number of nitrogens with zero attached hydrogens (tertiary/aromatic N) is 1. The molecule has 0 aliphatic heterocycles. The molecular formula is C11H29NO2Si2. The summed E-state index contributed by atoms with van der Waals surface area (Å²) in [6.45, 7) is 13.9. The van der Waals surface area contributed by atoms with Gasteiger partial charge in [-0.1, -0.05) is 26.9 Å². The van der Waals surface area contributed by atoms with Gasteiger partial charge in [0.05, 0.1) is 0 Å². The first-order valence-electron chi connectivity index (χ1n) is 6.20. The van der Waals surface area contributed by atoms with Crippen LogP contribution in [0, 0.1) is 0 Å². The van der Waals surface area contributed by atoms with Gasteiger partial charge >= 0.3 is 8.56 Å². The van der Waals surface area contributed by atoms with Crippen molar-refractivity contribution in [2.75, 3.05) is 27.3 Å². The summed E-state index contributed by atoms with van der Waals surface area (Å²) in [5, 5.41) is 0. The van der Waals surface area contributed by atoms with Gasteiger partial charge in [0.25, 0.3) is 0 Å². The summed E-state index contributed by atoms with van der Waals surface area (Å²) in [5.41, 5.74) is 0. The van der Waals surface area contributed by atoms with Crippen LogP contribution in [0.15, 0.2) is 0 Å². The quantitative estimate of drug-likeness (QED) is 0.629. The molecule has 0 rings (SSSR count). The second-order valence-electron chi connectivity index (χ2n) is 5.03. The molecule has 0 spiro atoms. The van der Waals surface area contributed by atoms with Gasteiger partial charge in [-0.3, -0.25) is 0 Å². The monoisotopic (exact) mass is 263 g/mol. The molecule has 0 bridgehead atoms. The minimum Gasteiger partial charge on any atom is -0.398 e. The van der Waals surface area contributed by atoms with Gasteiger partial charge in [-0.15, -0.1) is 0 Å². The third-order valence-electron chi connectivity index (χ3n) is 3.67. The first-order valence-corrected chi connectivity index (χ1v) is 11.9. The van der Waals surface area contributed by atoms with E-state index >= 15 is 0 Å². The van der Waals surface area contributed by atoms with Gasteiger partial charge in [0.1, 0.15) is 8.24 Å². The van der Waals surface area contributed by atoms with E-state index in [0.717, 1.165) is 19.1 Å². The highest BCUT2D eigenvalue weighted by atomic mass is 28.4. The lowest BCUT2D eigenvalue weighted by Crippen LogP contribution is -2.50. The molecule has 0 heterocycles. The highest BCUT2D eigenvalue weighted by Crippen LogP contribution is 2.23. The zero-order valence-electron chi connectivity index (χ0n) is 12.1. The van der Waals surface area contributed by atoms with Gasteiger partial charge in [-0.05, 0) is 31.7 Å². The summed E-state index contributed by atoms with van der Waals surface area (Å²) >= 11 is 0. The number of hydrogen-bond acceptors (Lipinski definition) is 3. The van der Waals surface area contributed by atoms with Crippen molar-refractivity contribution in [3.63, 3.8) is 0 Å². The topological polar surface area (TPSA) is 21.7 Å². The van der Waals surface area contributed by atoms with Crippen LogP contribution in [0.4, 0.5) is 0 Å². The molecule has 0 amide bonds. The van der Waals surface area contributed by atoms with Gasteiger partial charge in [0.2, 0.25) is 0 Å². The summed E-state index contributed by atoms with van der Waals surface area (Å²) in [7, 11) is 0.421. The largest absolute Gasteiger partial charge is 0.398 e. The van der Waals surface area contributed by atoms with Crippen LogP contribution < -0.4 is 0 Å². The van der Waals surface area contributed by atoms with Crippen LogP contribution >= 0.6 is 0 Å². The van der Waals surface area contributed by atoms with E-state index < -0.39 is 16.8 Å². The Bertz CT molecular complexity index is 192. The number of hydrogen-bond donors (Lipinski definition) is 0. The Morgan fingerprint density at radius 1 is 0.875 bits per heavy atom. The molecule has 0 aromatic rings. The van der Waals surface area contributed by atoms with Gasteiger partial charge in [-0.2, -0.15) is 0 Å². The molecule has 0 aliphatic carbocycles. The number of rotatable bonds is 8. The van der Waals surface area contributed by atoms with Crippen molar-refractivity contribution in [2.24, 2.45) is 0 Å². The average Bonchev–Trinajstić information content (AvgIpc) is 2.27. The molecule has 0 atom stereocenters. The molecule has 0 aromatic carbocycles. The summed E-state index contributed by atoms with van der Waals surface area (Å²) in [4.78, 5) is 0. The normalized spacial score (nSPS) is 13.5. The molecule has 0 radical (unpaired) electrons. The Morgan fingerprint density at radius 2 is 1.31 bits per heavy atom. The van der Waals surface area contributed by atoms with Crippen LogP contribution in [0.3, 0.4) is 0 Å². The van der Waals surface area contributed by atoms with E-state index in [-0.39, 0.29) is 0 Å². The molecule has 0 N–H and O–H groups in total. The van der Waals surface area contributed by atoms with E-state index in [2.05, 4.69) is 38.1 Å². The van der Waals surface area contributed by atoms with Gasteiger partial charge in [0.15, 0.2) is 0 Å². The Balaban J connectivity index is 4.36. The third-order valence-corrected chi connectivity index (χ3v) is 10.9. The lowest BCUT2D eigenvalue weighted by atomic mass is 10.7. The molecule has 0 aliphatic rings. The minimum atomic E-state index is -1.87. The second kappa shape index (κ2) is 6.91. The van der Waals surface area contributed by atoms with Crippen LogP contribution in [0.5, 0.6) is 0 Å². The first-order chi connectivity index (χ1) is 7.35. The van der Waals surface area contributed by atoms with E-state index in [0.29, 0.717) is 0 Å². The summed E-state index contributed by atoms with van der Waals surface area (Å²) in [6.07, 6.45) is 0. The zero-order chi connectivity index (χ0) is 12.8. The lowest BCUT2D eigenvalue weighted by Gasteiger charge is -2.37. The molecule has 5 heteroatoms. The van der Waals surface area contributed by atoms with Crippen molar-refractivity contribution in [1.29, 1.82) is 0 Å². The maximum atomic E-state index is 5.55. The predicted octanol–water partition coefficient (Wildman–Crippen LogP) is 2.90. The Labute approximate surface area is 103 Å². The fourth-order valence-electron chi connectivity index (χ4n) is 2.06. The Morgan fingerprint density at radius 3 is 1.62 bits per heavy atom. The summed E-state index contributed by atoms with van der Waals surface area (Å²) in [6, 6.07) is 2.37. The molecule has 3 nitrogen and oxygen atoms in total. The van der Waals surface area contributed by atoms with Gasteiger partial charge in [-0.25, -0.2) is 0 Å². The van der Waals surface area contributed by atoms with Crippen LogP contribution in [0.2, 0.25) is 31.7 Å². The van der Waals surface area contributed by atoms with Crippen molar-refractivity contribution in [2.45, 2.75) is 45.6 Å². The van der Waals surface area contributed by atoms with Crippen molar-refractivity contribution in [3.8, 4) is 0 Å². The van der Waals surface area contributed by atoms with E-state index in [1.807, 2.05) is 0 Å². The maximum absolute atomic E-state index is 5.55. The molecule has 98 valence electrons. The zero-order valence-corrected chi connectivity index (χ0v) is 14.1. The van der Waals surface area contributed by atoms with Crippen molar-refractivity contribution in [1.82, 2.24) is 4.57 Å². The molecule has 0 saturated carbocycles. The first kappa shape index (κ1) is 16.3. The van der Waals surface area contributed by atoms with Gasteiger partial charge in [0, 0.05) is 14.2 Å². The lowest BCUT2D eigenvalue weighted by molar-refractivity contribution is 0.250. The summed E-state index contributed by atoms with van der Waals surface area (Å²) < 4.78 is 13.7. The predicted molar refractivity (Wildman–Crippen MR) is 75.7 cm³/mol. The molecule has 0 unspecified atom stereocenters. The van der Waals surface area contributed by atoms with Crippen LogP contribution in [0.1, 0.15) is 13.8 Å². The molecule has 0 saturated heterocycles. The molecule has 16 heavy (non-hydrogen) atoms. The summed E-state index contributed by atoms with van der Waals surface area (Å²) in [5.74, 6) is 0. The van der Waals surface area contributed by atoms with Crippen LogP contribution in [0.25, 0.3) is 0 Å².